The normalized spacial score (nSPS) is 14.3. The molecule has 374 valence electrons. The van der Waals surface area contributed by atoms with Crippen LogP contribution >= 0.6 is 31.9 Å². The maximum absolute atomic E-state index is 5.34. The van der Waals surface area contributed by atoms with Crippen LogP contribution in [0.2, 0.25) is 0 Å². The standard InChI is InChI=1S/C60H88Br2N4Se2/c1-5-9-13-17-21-25-29-33-37-59(38-34-30-26-22-18-14-10-6-2)47-41-46-48(42-45(47)53-49(59)43-51(61)55-57(53)65-67-63-55)60(39-35-31-27-23-19-15-11-7-3,40-36-32-28-24-20-16-12-8-4)50-44-52(62)56-58(54(46)50)66-68-64-56/h41-44H,5-40H2,1-4H3. The minimum atomic E-state index is -0.107. The monoisotopic (exact) mass is 1180 g/mol. The molecule has 8 heteroatoms. The summed E-state index contributed by atoms with van der Waals surface area (Å²) in [6, 6.07) is 10.7. The Balaban J connectivity index is 1.33. The zero-order valence-corrected chi connectivity index (χ0v) is 49.7. The van der Waals surface area contributed by atoms with Crippen LogP contribution in [0.15, 0.2) is 33.2 Å². The van der Waals surface area contributed by atoms with Gasteiger partial charge in [-0.15, -0.1) is 0 Å². The summed E-state index contributed by atoms with van der Waals surface area (Å²) in [5.41, 5.74) is 16.6. The summed E-state index contributed by atoms with van der Waals surface area (Å²) in [6.45, 7) is 9.33. The Hall–Kier alpha value is -1.14. The van der Waals surface area contributed by atoms with Gasteiger partial charge in [0.15, 0.2) is 0 Å². The molecule has 0 atom stereocenters. The molecule has 0 aliphatic heterocycles. The van der Waals surface area contributed by atoms with Crippen LogP contribution in [0.3, 0.4) is 0 Å². The van der Waals surface area contributed by atoms with Crippen molar-refractivity contribution in [1.82, 2.24) is 15.9 Å². The van der Waals surface area contributed by atoms with E-state index in [9.17, 15) is 0 Å². The Kier molecular flexibility index (Phi) is 22.8. The Labute approximate surface area is 443 Å². The van der Waals surface area contributed by atoms with Crippen LogP contribution in [-0.4, -0.2) is 45.8 Å². The summed E-state index contributed by atoms with van der Waals surface area (Å²) in [5.74, 6) is 0. The van der Waals surface area contributed by atoms with Crippen molar-refractivity contribution in [2.45, 2.75) is 270 Å². The second-order valence-corrected chi connectivity index (χ2v) is 25.4. The van der Waals surface area contributed by atoms with Crippen LogP contribution in [0.5, 0.6) is 0 Å². The third kappa shape index (κ3) is 13.0. The molecule has 0 fully saturated rings. The van der Waals surface area contributed by atoms with Crippen molar-refractivity contribution in [3.63, 3.8) is 0 Å². The van der Waals surface area contributed by atoms with Crippen LogP contribution < -0.4 is 0 Å². The molecule has 3 aromatic carbocycles. The molecule has 0 bridgehead atoms. The van der Waals surface area contributed by atoms with E-state index in [4.69, 9.17) is 15.9 Å². The Bertz CT molecular complexity index is 2090. The molecule has 2 aliphatic carbocycles. The number of rotatable bonds is 36. The third-order valence-corrected chi connectivity index (χ3v) is 20.0. The second-order valence-electron chi connectivity index (χ2n) is 21.5. The van der Waals surface area contributed by atoms with E-state index in [2.05, 4.69) is 83.8 Å². The first kappa shape index (κ1) is 54.6. The number of fused-ring (bicyclic) bond motifs is 10. The predicted molar refractivity (Wildman–Crippen MR) is 303 cm³/mol. The molecule has 0 saturated carbocycles. The van der Waals surface area contributed by atoms with Crippen molar-refractivity contribution in [2.24, 2.45) is 0 Å². The molecule has 68 heavy (non-hydrogen) atoms. The van der Waals surface area contributed by atoms with Crippen LogP contribution in [0.1, 0.15) is 281 Å². The van der Waals surface area contributed by atoms with Gasteiger partial charge in [-0.3, -0.25) is 0 Å². The molecule has 5 aromatic rings. The molecular formula is C60H88Br2N4Se2. The summed E-state index contributed by atoms with van der Waals surface area (Å²) in [5, 5.41) is 0. The molecule has 2 aliphatic rings. The Morgan fingerprint density at radius 1 is 0.324 bits per heavy atom. The fourth-order valence-electron chi connectivity index (χ4n) is 12.8. The maximum atomic E-state index is 5.34. The van der Waals surface area contributed by atoms with Crippen molar-refractivity contribution in [1.29, 1.82) is 0 Å². The van der Waals surface area contributed by atoms with E-state index in [-0.39, 0.29) is 40.8 Å². The first-order chi connectivity index (χ1) is 33.5. The number of halogens is 2. The van der Waals surface area contributed by atoms with E-state index in [0.29, 0.717) is 0 Å². The summed E-state index contributed by atoms with van der Waals surface area (Å²) >= 11 is 8.04. The molecule has 0 radical (unpaired) electrons. The predicted octanol–water partition coefficient (Wildman–Crippen LogP) is 19.9. The van der Waals surface area contributed by atoms with E-state index in [1.165, 1.54) is 264 Å². The van der Waals surface area contributed by atoms with Gasteiger partial charge in [0.25, 0.3) is 0 Å². The van der Waals surface area contributed by atoms with Gasteiger partial charge in [0.05, 0.1) is 0 Å². The van der Waals surface area contributed by atoms with Crippen LogP contribution in [0, 0.1) is 0 Å². The molecule has 0 unspecified atom stereocenters. The zero-order valence-electron chi connectivity index (χ0n) is 43.1. The molecule has 0 N–H and O–H groups in total. The summed E-state index contributed by atoms with van der Waals surface area (Å²) in [4.78, 5) is 0. The van der Waals surface area contributed by atoms with E-state index in [0.717, 1.165) is 20.0 Å². The molecule has 0 saturated heterocycles. The van der Waals surface area contributed by atoms with Gasteiger partial charge in [-0.25, -0.2) is 0 Å². The van der Waals surface area contributed by atoms with Gasteiger partial charge >= 0.3 is 368 Å². The van der Waals surface area contributed by atoms with Crippen molar-refractivity contribution in [2.75, 3.05) is 0 Å². The van der Waals surface area contributed by atoms with Crippen molar-refractivity contribution >= 4 is 83.9 Å². The van der Waals surface area contributed by atoms with Gasteiger partial charge in [-0.1, -0.05) is 79.1 Å². The molecule has 0 amide bonds. The van der Waals surface area contributed by atoms with Gasteiger partial charge in [0.2, 0.25) is 0 Å². The molecule has 2 aromatic heterocycles. The van der Waals surface area contributed by atoms with Gasteiger partial charge in [-0.05, 0) is 0 Å². The first-order valence-electron chi connectivity index (χ1n) is 28.6. The number of hydrogen-bond donors (Lipinski definition) is 0. The zero-order chi connectivity index (χ0) is 47.6. The fraction of sp³-hybridized carbons (Fsp3) is 0.700. The molecule has 7 rings (SSSR count). The number of unbranched alkanes of at least 4 members (excludes halogenated alkanes) is 28. The molecular weight excluding hydrogens is 1090 g/mol. The number of nitrogens with zero attached hydrogens (tertiary/aromatic N) is 4. The van der Waals surface area contributed by atoms with Crippen molar-refractivity contribution < 1.29 is 0 Å². The molecule has 4 nitrogen and oxygen atoms in total. The van der Waals surface area contributed by atoms with Crippen LogP contribution in [-0.2, 0) is 10.8 Å². The SMILES string of the molecule is CCCCCCCCCCC1(CCCCCCCCCC)c2cc3c(cc2-c2c1cc(Br)c1n[se]nc21)C(CCCCCCCCCC)(CCCCCCCCCC)c1cc(Br)c2n[se]nc2c1-3. The Morgan fingerprint density at radius 3 is 0.853 bits per heavy atom. The Morgan fingerprint density at radius 2 is 0.574 bits per heavy atom. The summed E-state index contributed by atoms with van der Waals surface area (Å²) in [7, 11) is 0. The van der Waals surface area contributed by atoms with Gasteiger partial charge in [0.1, 0.15) is 0 Å². The fourth-order valence-corrected chi connectivity index (χ4v) is 16.7. The number of aromatic nitrogens is 4. The van der Waals surface area contributed by atoms with E-state index in [1.807, 2.05) is 0 Å². The van der Waals surface area contributed by atoms with E-state index >= 15 is 0 Å². The first-order valence-corrected chi connectivity index (χ1v) is 33.2. The summed E-state index contributed by atoms with van der Waals surface area (Å²) < 4.78 is 23.2. The number of benzene rings is 3. The van der Waals surface area contributed by atoms with Gasteiger partial charge in [-0.2, -0.15) is 0 Å². The van der Waals surface area contributed by atoms with Crippen LogP contribution in [0.4, 0.5) is 0 Å². The molecule has 2 heterocycles. The second kappa shape index (κ2) is 28.3. The summed E-state index contributed by atoms with van der Waals surface area (Å²) in [6.07, 6.45) is 48.0. The quantitative estimate of drug-likeness (QED) is 0.0296. The van der Waals surface area contributed by atoms with Crippen molar-refractivity contribution in [3.8, 4) is 22.3 Å². The van der Waals surface area contributed by atoms with Gasteiger partial charge < -0.3 is 0 Å². The van der Waals surface area contributed by atoms with Gasteiger partial charge in [0, 0.05) is 0 Å². The van der Waals surface area contributed by atoms with Crippen LogP contribution in [0.25, 0.3) is 44.3 Å². The number of hydrogen-bond acceptors (Lipinski definition) is 4. The average molecular weight is 1180 g/mol. The minimum absolute atomic E-state index is 0.0439. The average Bonchev–Trinajstić information content (AvgIpc) is 4.14. The third-order valence-electron chi connectivity index (χ3n) is 16.6. The van der Waals surface area contributed by atoms with E-state index < -0.39 is 0 Å². The van der Waals surface area contributed by atoms with Crippen molar-refractivity contribution in [3.05, 3.63) is 55.5 Å². The topological polar surface area (TPSA) is 51.6 Å². The molecule has 0 spiro atoms. The van der Waals surface area contributed by atoms with E-state index in [1.54, 1.807) is 22.3 Å².